The molecule has 1 aliphatic carbocycles. The normalized spacial score (nSPS) is 18.2. The lowest BCUT2D eigenvalue weighted by Gasteiger charge is -2.36. The van der Waals surface area contributed by atoms with Gasteiger partial charge in [0.15, 0.2) is 0 Å². The topological polar surface area (TPSA) is 23.5 Å². The molecule has 3 rings (SSSR count). The van der Waals surface area contributed by atoms with Crippen molar-refractivity contribution in [1.82, 2.24) is 4.90 Å². The molecular formula is C19H25NO. The van der Waals surface area contributed by atoms with E-state index in [2.05, 4.69) is 31.0 Å². The minimum atomic E-state index is 0.248. The van der Waals surface area contributed by atoms with Gasteiger partial charge >= 0.3 is 0 Å². The summed E-state index contributed by atoms with van der Waals surface area (Å²) in [6.07, 6.45) is 6.63. The van der Waals surface area contributed by atoms with E-state index in [0.29, 0.717) is 11.8 Å². The van der Waals surface area contributed by atoms with Gasteiger partial charge in [0.1, 0.15) is 5.75 Å². The average Bonchev–Trinajstić information content (AvgIpc) is 2.55. The number of nitrogens with zero attached hydrogens (tertiary/aromatic N) is 1. The fraction of sp³-hybridized carbons (Fsp3) is 0.474. The van der Waals surface area contributed by atoms with E-state index in [0.717, 1.165) is 16.3 Å². The van der Waals surface area contributed by atoms with E-state index in [-0.39, 0.29) is 6.04 Å². The van der Waals surface area contributed by atoms with Gasteiger partial charge in [-0.2, -0.15) is 0 Å². The summed E-state index contributed by atoms with van der Waals surface area (Å²) >= 11 is 0. The van der Waals surface area contributed by atoms with Crippen LogP contribution in [0.25, 0.3) is 10.8 Å². The molecule has 0 amide bonds. The Kier molecular flexibility index (Phi) is 4.16. The molecule has 112 valence electrons. The molecule has 1 atom stereocenters. The first kappa shape index (κ1) is 14.4. The van der Waals surface area contributed by atoms with Crippen molar-refractivity contribution in [2.45, 2.75) is 51.1 Å². The summed E-state index contributed by atoms with van der Waals surface area (Å²) in [4.78, 5) is 2.45. The maximum atomic E-state index is 10.6. The molecule has 1 fully saturated rings. The largest absolute Gasteiger partial charge is 0.507 e. The van der Waals surface area contributed by atoms with Gasteiger partial charge in [0, 0.05) is 23.0 Å². The van der Waals surface area contributed by atoms with Crippen molar-refractivity contribution in [3.8, 4) is 5.75 Å². The Labute approximate surface area is 127 Å². The summed E-state index contributed by atoms with van der Waals surface area (Å²) < 4.78 is 0. The van der Waals surface area contributed by atoms with E-state index in [9.17, 15) is 5.11 Å². The zero-order valence-corrected chi connectivity index (χ0v) is 13.0. The minimum absolute atomic E-state index is 0.248. The first-order valence-corrected chi connectivity index (χ1v) is 8.11. The number of hydrogen-bond acceptors (Lipinski definition) is 2. The van der Waals surface area contributed by atoms with Gasteiger partial charge in [0.2, 0.25) is 0 Å². The van der Waals surface area contributed by atoms with Crippen LogP contribution in [0.3, 0.4) is 0 Å². The fourth-order valence-electron chi connectivity index (χ4n) is 3.63. The highest BCUT2D eigenvalue weighted by Gasteiger charge is 2.24. The third-order valence-corrected chi connectivity index (χ3v) is 5.14. The summed E-state index contributed by atoms with van der Waals surface area (Å²) in [5, 5.41) is 12.7. The van der Waals surface area contributed by atoms with Crippen LogP contribution in [-0.4, -0.2) is 23.1 Å². The highest BCUT2D eigenvalue weighted by atomic mass is 16.3. The van der Waals surface area contributed by atoms with Crippen LogP contribution in [0.2, 0.25) is 0 Å². The molecule has 1 aliphatic rings. The smallest absolute Gasteiger partial charge is 0.128 e. The molecule has 0 heterocycles. The average molecular weight is 283 g/mol. The highest BCUT2D eigenvalue weighted by molar-refractivity contribution is 5.89. The summed E-state index contributed by atoms with van der Waals surface area (Å²) in [7, 11) is 2.20. The molecule has 21 heavy (non-hydrogen) atoms. The molecule has 1 N–H and O–H groups in total. The highest BCUT2D eigenvalue weighted by Crippen LogP contribution is 2.36. The molecule has 0 aliphatic heterocycles. The van der Waals surface area contributed by atoms with Crippen LogP contribution in [0.1, 0.15) is 50.6 Å². The van der Waals surface area contributed by atoms with E-state index in [1.165, 1.54) is 32.1 Å². The van der Waals surface area contributed by atoms with Gasteiger partial charge in [0.25, 0.3) is 0 Å². The number of aromatic hydroxyl groups is 1. The predicted molar refractivity (Wildman–Crippen MR) is 88.7 cm³/mol. The van der Waals surface area contributed by atoms with Gasteiger partial charge < -0.3 is 5.11 Å². The molecule has 0 spiro atoms. The predicted octanol–water partition coefficient (Wildman–Crippen LogP) is 4.87. The Hall–Kier alpha value is -1.54. The Morgan fingerprint density at radius 1 is 1.05 bits per heavy atom. The van der Waals surface area contributed by atoms with Crippen molar-refractivity contribution in [2.24, 2.45) is 0 Å². The summed E-state index contributed by atoms with van der Waals surface area (Å²) in [5.74, 6) is 0.447. The molecule has 0 bridgehead atoms. The van der Waals surface area contributed by atoms with Crippen LogP contribution < -0.4 is 0 Å². The standard InChI is InChI=1S/C19H25NO/c1-14(20(2)16-9-4-3-5-10-16)17-13-12-15-8-6-7-11-18(15)19(17)21/h6-8,11-14,16,21H,3-5,9-10H2,1-2H3. The van der Waals surface area contributed by atoms with E-state index in [4.69, 9.17) is 0 Å². The minimum Gasteiger partial charge on any atom is -0.507 e. The Morgan fingerprint density at radius 3 is 2.52 bits per heavy atom. The van der Waals surface area contributed by atoms with E-state index >= 15 is 0 Å². The lowest BCUT2D eigenvalue weighted by molar-refractivity contribution is 0.145. The SMILES string of the molecule is CC(c1ccc2ccccc2c1O)N(C)C1CCCCC1. The maximum Gasteiger partial charge on any atom is 0.128 e. The summed E-state index contributed by atoms with van der Waals surface area (Å²) in [5.41, 5.74) is 1.04. The van der Waals surface area contributed by atoms with Gasteiger partial charge in [-0.05, 0) is 32.2 Å². The third-order valence-electron chi connectivity index (χ3n) is 5.14. The maximum absolute atomic E-state index is 10.6. The van der Waals surface area contributed by atoms with Gasteiger partial charge in [-0.15, -0.1) is 0 Å². The molecule has 2 aromatic carbocycles. The number of rotatable bonds is 3. The number of benzene rings is 2. The number of phenols is 1. The number of fused-ring (bicyclic) bond motifs is 1. The molecule has 0 saturated heterocycles. The number of phenolic OH excluding ortho intramolecular Hbond substituents is 1. The molecule has 1 saturated carbocycles. The second kappa shape index (κ2) is 6.07. The van der Waals surface area contributed by atoms with Crippen molar-refractivity contribution in [3.05, 3.63) is 42.0 Å². The lowest BCUT2D eigenvalue weighted by Crippen LogP contribution is -2.35. The van der Waals surface area contributed by atoms with Gasteiger partial charge in [-0.25, -0.2) is 0 Å². The van der Waals surface area contributed by atoms with Crippen molar-refractivity contribution in [1.29, 1.82) is 0 Å². The molecule has 2 aromatic rings. The Morgan fingerprint density at radius 2 is 1.76 bits per heavy atom. The quantitative estimate of drug-likeness (QED) is 0.868. The van der Waals surface area contributed by atoms with Crippen molar-refractivity contribution < 1.29 is 5.11 Å². The van der Waals surface area contributed by atoms with Crippen LogP contribution in [0.15, 0.2) is 36.4 Å². The summed E-state index contributed by atoms with van der Waals surface area (Å²) in [6, 6.07) is 13.2. The Bertz CT molecular complexity index is 616. The number of hydrogen-bond donors (Lipinski definition) is 1. The zero-order chi connectivity index (χ0) is 14.8. The second-order valence-electron chi connectivity index (χ2n) is 6.36. The molecule has 0 radical (unpaired) electrons. The van der Waals surface area contributed by atoms with Crippen LogP contribution in [0.4, 0.5) is 0 Å². The van der Waals surface area contributed by atoms with Crippen LogP contribution in [0, 0.1) is 0 Å². The van der Waals surface area contributed by atoms with Gasteiger partial charge in [0.05, 0.1) is 0 Å². The molecular weight excluding hydrogens is 258 g/mol. The van der Waals surface area contributed by atoms with Crippen molar-refractivity contribution in [3.63, 3.8) is 0 Å². The van der Waals surface area contributed by atoms with Crippen molar-refractivity contribution in [2.75, 3.05) is 7.05 Å². The molecule has 0 aromatic heterocycles. The Balaban J connectivity index is 1.90. The monoisotopic (exact) mass is 283 g/mol. The van der Waals surface area contributed by atoms with Gasteiger partial charge in [-0.3, -0.25) is 4.90 Å². The van der Waals surface area contributed by atoms with Crippen LogP contribution in [-0.2, 0) is 0 Å². The fourth-order valence-corrected chi connectivity index (χ4v) is 3.63. The zero-order valence-electron chi connectivity index (χ0n) is 13.0. The third kappa shape index (κ3) is 2.77. The van der Waals surface area contributed by atoms with Gasteiger partial charge in [-0.1, -0.05) is 55.7 Å². The van der Waals surface area contributed by atoms with Crippen LogP contribution in [0.5, 0.6) is 5.75 Å². The molecule has 1 unspecified atom stereocenters. The van der Waals surface area contributed by atoms with E-state index in [1.54, 1.807) is 0 Å². The van der Waals surface area contributed by atoms with Crippen LogP contribution >= 0.6 is 0 Å². The lowest BCUT2D eigenvalue weighted by atomic mass is 9.92. The summed E-state index contributed by atoms with van der Waals surface area (Å²) in [6.45, 7) is 2.21. The van der Waals surface area contributed by atoms with E-state index in [1.807, 2.05) is 24.3 Å². The van der Waals surface area contributed by atoms with Crippen molar-refractivity contribution >= 4 is 10.8 Å². The first-order valence-electron chi connectivity index (χ1n) is 8.11. The molecule has 2 heteroatoms. The molecule has 2 nitrogen and oxygen atoms in total. The first-order chi connectivity index (χ1) is 10.2. The van der Waals surface area contributed by atoms with E-state index < -0.39 is 0 Å². The second-order valence-corrected chi connectivity index (χ2v) is 6.36.